The number of carbonyl (C=O) groups is 4. The van der Waals surface area contributed by atoms with Gasteiger partial charge in [-0.25, -0.2) is 9.13 Å². The van der Waals surface area contributed by atoms with E-state index in [0.717, 1.165) is 102 Å². The van der Waals surface area contributed by atoms with Crippen LogP contribution in [0.1, 0.15) is 395 Å². The van der Waals surface area contributed by atoms with E-state index in [1.165, 1.54) is 199 Å². The summed E-state index contributed by atoms with van der Waals surface area (Å²) in [4.78, 5) is 72.8. The number of aliphatic hydroxyl groups is 1. The van der Waals surface area contributed by atoms with Gasteiger partial charge >= 0.3 is 39.5 Å². The largest absolute Gasteiger partial charge is 0.472 e. The Morgan fingerprint density at radius 1 is 0.281 bits per heavy atom. The highest BCUT2D eigenvalue weighted by Crippen LogP contribution is 2.45. The Morgan fingerprint density at radius 3 is 0.708 bits per heavy atom. The summed E-state index contributed by atoms with van der Waals surface area (Å²) in [6.45, 7) is 11.8. The first-order valence-corrected chi connectivity index (χ1v) is 42.8. The summed E-state index contributed by atoms with van der Waals surface area (Å²) < 4.78 is 68.5. The van der Waals surface area contributed by atoms with Gasteiger partial charge in [0.15, 0.2) is 12.2 Å². The lowest BCUT2D eigenvalue weighted by Gasteiger charge is -2.21. The summed E-state index contributed by atoms with van der Waals surface area (Å²) in [5.74, 6) is 0.101. The van der Waals surface area contributed by atoms with Crippen LogP contribution < -0.4 is 0 Å². The summed E-state index contributed by atoms with van der Waals surface area (Å²) in [7, 11) is -9.91. The zero-order chi connectivity index (χ0) is 70.9. The van der Waals surface area contributed by atoms with E-state index in [1.807, 2.05) is 0 Å². The Morgan fingerprint density at radius 2 is 0.479 bits per heavy atom. The highest BCUT2D eigenvalue weighted by molar-refractivity contribution is 7.47. The number of rotatable bonds is 75. The Kier molecular flexibility index (Phi) is 66.2. The number of hydrogen-bond acceptors (Lipinski definition) is 15. The van der Waals surface area contributed by atoms with Crippen LogP contribution in [-0.2, 0) is 65.4 Å². The van der Waals surface area contributed by atoms with Crippen molar-refractivity contribution in [3.05, 3.63) is 0 Å². The zero-order valence-corrected chi connectivity index (χ0v) is 64.6. The number of hydrogen-bond donors (Lipinski definition) is 3. The van der Waals surface area contributed by atoms with E-state index in [0.29, 0.717) is 37.5 Å². The van der Waals surface area contributed by atoms with Gasteiger partial charge in [-0.15, -0.1) is 0 Å². The molecule has 0 aliphatic carbocycles. The van der Waals surface area contributed by atoms with E-state index < -0.39 is 97.5 Å². The average molecular weight is 1410 g/mol. The number of phosphoric acid groups is 2. The molecular weight excluding hydrogens is 1260 g/mol. The first-order chi connectivity index (χ1) is 46.2. The van der Waals surface area contributed by atoms with Crippen molar-refractivity contribution < 1.29 is 80.2 Å². The molecule has 0 amide bonds. The topological polar surface area (TPSA) is 237 Å². The van der Waals surface area contributed by atoms with Gasteiger partial charge in [0.2, 0.25) is 0 Å². The maximum absolute atomic E-state index is 13.1. The normalized spacial score (nSPS) is 14.1. The van der Waals surface area contributed by atoms with Gasteiger partial charge in [-0.2, -0.15) is 0 Å². The molecule has 96 heavy (non-hydrogen) atoms. The second kappa shape index (κ2) is 67.5. The van der Waals surface area contributed by atoms with E-state index in [1.54, 1.807) is 0 Å². The summed E-state index contributed by atoms with van der Waals surface area (Å²) in [5.41, 5.74) is 0. The lowest BCUT2D eigenvalue weighted by molar-refractivity contribution is -0.161. The van der Waals surface area contributed by atoms with Crippen molar-refractivity contribution in [3.63, 3.8) is 0 Å². The maximum atomic E-state index is 13.1. The highest BCUT2D eigenvalue weighted by Gasteiger charge is 2.30. The molecule has 17 nitrogen and oxygen atoms in total. The number of phosphoric ester groups is 2. The Balaban J connectivity index is 5.20. The lowest BCUT2D eigenvalue weighted by Crippen LogP contribution is -2.30. The minimum atomic E-state index is -4.96. The molecule has 0 saturated heterocycles. The standard InChI is InChI=1S/C77H150O17P2/c1-8-9-10-11-12-13-14-15-20-24-27-30-37-44-51-58-74(79)87-64-72(93-76(81)60-53-46-38-31-28-25-22-19-17-16-18-21-23-26-29-34-41-48-55-68(2)3)66-91-95(83,84)89-62-71(78)63-90-96(85,86)92-67-73(94-77(82)61-54-47-40-33-36-43-50-57-70(6)7)65-88-75(80)59-52-45-39-32-35-42-49-56-69(4)5/h68-73,78H,8-67H2,1-7H3,(H,83,84)(H,85,86)/t71-,72-,73-/m1/s1. The molecule has 0 spiro atoms. The molecule has 0 heterocycles. The molecule has 0 aromatic rings. The maximum Gasteiger partial charge on any atom is 0.472 e. The second-order valence-electron chi connectivity index (χ2n) is 29.2. The van der Waals surface area contributed by atoms with Crippen LogP contribution in [-0.4, -0.2) is 96.7 Å². The fourth-order valence-corrected chi connectivity index (χ4v) is 13.4. The van der Waals surface area contributed by atoms with Crippen molar-refractivity contribution >= 4 is 39.5 Å². The molecule has 0 aliphatic heterocycles. The van der Waals surface area contributed by atoms with E-state index in [4.69, 9.17) is 37.0 Å². The third-order valence-electron chi connectivity index (χ3n) is 17.9. The predicted octanol–water partition coefficient (Wildman–Crippen LogP) is 22.6. The molecule has 0 saturated carbocycles. The quantitative estimate of drug-likeness (QED) is 0.0222. The molecule has 3 N–H and O–H groups in total. The van der Waals surface area contributed by atoms with E-state index in [-0.39, 0.29) is 25.7 Å². The smallest absolute Gasteiger partial charge is 0.462 e. The van der Waals surface area contributed by atoms with Crippen LogP contribution in [0.15, 0.2) is 0 Å². The van der Waals surface area contributed by atoms with Crippen molar-refractivity contribution in [2.45, 2.75) is 414 Å². The van der Waals surface area contributed by atoms with Gasteiger partial charge in [-0.3, -0.25) is 37.3 Å². The molecule has 0 rings (SSSR count). The summed E-state index contributed by atoms with van der Waals surface area (Å²) in [5, 5.41) is 10.6. The van der Waals surface area contributed by atoms with Gasteiger partial charge in [-0.1, -0.05) is 344 Å². The van der Waals surface area contributed by atoms with Crippen LogP contribution >= 0.6 is 15.6 Å². The Labute approximate surface area is 588 Å². The van der Waals surface area contributed by atoms with Gasteiger partial charge in [0.1, 0.15) is 19.3 Å². The van der Waals surface area contributed by atoms with Gasteiger partial charge in [-0.05, 0) is 43.4 Å². The molecular formula is C77H150O17P2. The number of carbonyl (C=O) groups excluding carboxylic acids is 4. The fourth-order valence-electron chi connectivity index (χ4n) is 11.8. The third-order valence-corrected chi connectivity index (χ3v) is 19.8. The Hall–Kier alpha value is -1.94. The van der Waals surface area contributed by atoms with Gasteiger partial charge in [0.25, 0.3) is 0 Å². The summed E-state index contributed by atoms with van der Waals surface area (Å²) in [6, 6.07) is 0. The van der Waals surface area contributed by atoms with Gasteiger partial charge in [0.05, 0.1) is 26.4 Å². The van der Waals surface area contributed by atoms with E-state index in [2.05, 4.69) is 48.5 Å². The molecule has 5 atom stereocenters. The average Bonchev–Trinajstić information content (AvgIpc) is 3.38. The van der Waals surface area contributed by atoms with Crippen molar-refractivity contribution in [1.82, 2.24) is 0 Å². The first-order valence-electron chi connectivity index (χ1n) is 39.8. The summed E-state index contributed by atoms with van der Waals surface area (Å²) in [6.07, 6.45) is 54.4. The second-order valence-corrected chi connectivity index (χ2v) is 32.1. The van der Waals surface area contributed by atoms with Crippen LogP contribution in [0.3, 0.4) is 0 Å². The SMILES string of the molecule is CCCCCCCCCCCCCCCCCC(=O)OC[C@H](COP(=O)(O)OC[C@@H](O)COP(=O)(O)OC[C@@H](COC(=O)CCCCCCCCCC(C)C)OC(=O)CCCCCCCCCC(C)C)OC(=O)CCCCCCCCCCCCCCCCCCCCC(C)C. The number of esters is 4. The van der Waals surface area contributed by atoms with E-state index >= 15 is 0 Å². The number of ether oxygens (including phenoxy) is 4. The summed E-state index contributed by atoms with van der Waals surface area (Å²) >= 11 is 0. The number of unbranched alkanes of at least 4 members (excludes halogenated alkanes) is 43. The van der Waals surface area contributed by atoms with Crippen molar-refractivity contribution in [1.29, 1.82) is 0 Å². The minimum absolute atomic E-state index is 0.103. The first kappa shape index (κ1) is 94.1. The molecule has 0 bridgehead atoms. The third kappa shape index (κ3) is 70.5. The van der Waals surface area contributed by atoms with Crippen molar-refractivity contribution in [3.8, 4) is 0 Å². The van der Waals surface area contributed by atoms with Crippen LogP contribution in [0.5, 0.6) is 0 Å². The zero-order valence-electron chi connectivity index (χ0n) is 62.8. The van der Waals surface area contributed by atoms with Crippen LogP contribution in [0, 0.1) is 17.8 Å². The molecule has 0 aromatic heterocycles. The van der Waals surface area contributed by atoms with E-state index in [9.17, 15) is 43.2 Å². The number of aliphatic hydroxyl groups excluding tert-OH is 1. The highest BCUT2D eigenvalue weighted by atomic mass is 31.2. The van der Waals surface area contributed by atoms with Crippen molar-refractivity contribution in [2.75, 3.05) is 39.6 Å². The molecule has 2 unspecified atom stereocenters. The van der Waals surface area contributed by atoms with Gasteiger partial charge < -0.3 is 33.8 Å². The van der Waals surface area contributed by atoms with Gasteiger partial charge in [0, 0.05) is 25.7 Å². The van der Waals surface area contributed by atoms with Crippen LogP contribution in [0.25, 0.3) is 0 Å². The molecule has 0 aliphatic rings. The monoisotopic (exact) mass is 1410 g/mol. The molecule has 0 fully saturated rings. The Bertz CT molecular complexity index is 1870. The lowest BCUT2D eigenvalue weighted by atomic mass is 10.0. The molecule has 0 aromatic carbocycles. The minimum Gasteiger partial charge on any atom is -0.462 e. The molecule has 19 heteroatoms. The molecule has 0 radical (unpaired) electrons. The fraction of sp³-hybridized carbons (Fsp3) is 0.948. The van der Waals surface area contributed by atoms with Crippen LogP contribution in [0.2, 0.25) is 0 Å². The van der Waals surface area contributed by atoms with Crippen molar-refractivity contribution in [2.24, 2.45) is 17.8 Å². The van der Waals surface area contributed by atoms with Crippen LogP contribution in [0.4, 0.5) is 0 Å². The molecule has 570 valence electrons. The predicted molar refractivity (Wildman–Crippen MR) is 391 cm³/mol.